The minimum atomic E-state index is -4.32. The zero-order chi connectivity index (χ0) is 13.3. The smallest absolute Gasteiger partial charge is 0.396 e. The Labute approximate surface area is 100 Å². The minimum Gasteiger partial charge on any atom is -0.396 e. The molecule has 0 aliphatic carbocycles. The first-order chi connectivity index (χ1) is 8.39. The van der Waals surface area contributed by atoms with Crippen molar-refractivity contribution in [3.8, 4) is 0 Å². The number of nitrogens with one attached hydrogen (secondary N) is 1. The second kappa shape index (κ2) is 4.35. The Morgan fingerprint density at radius 2 is 2.22 bits per heavy atom. The number of aromatic nitrogens is 2. The van der Waals surface area contributed by atoms with Crippen molar-refractivity contribution in [2.75, 3.05) is 18.8 Å². The third-order valence-electron chi connectivity index (χ3n) is 2.74. The Morgan fingerprint density at radius 1 is 1.50 bits per heavy atom. The SMILES string of the molecule is Nc1cn[nH]c1C(=O)N1CC=C(C(F)(F)F)CC1. The number of nitrogens with two attached hydrogens (primary N) is 1. The van der Waals surface area contributed by atoms with Gasteiger partial charge in [-0.1, -0.05) is 6.08 Å². The van der Waals surface area contributed by atoms with Gasteiger partial charge in [0.2, 0.25) is 0 Å². The molecule has 0 fully saturated rings. The monoisotopic (exact) mass is 260 g/mol. The van der Waals surface area contributed by atoms with E-state index in [4.69, 9.17) is 5.73 Å². The first kappa shape index (κ1) is 12.5. The van der Waals surface area contributed by atoms with E-state index in [0.29, 0.717) is 0 Å². The predicted octanol–water partition coefficient (Wildman–Crippen LogP) is 1.33. The molecule has 0 unspecified atom stereocenters. The molecule has 1 amide bonds. The number of carbonyl (C=O) groups is 1. The molecule has 0 aromatic carbocycles. The van der Waals surface area contributed by atoms with E-state index in [1.54, 1.807) is 0 Å². The second-order valence-corrected chi connectivity index (χ2v) is 3.93. The summed E-state index contributed by atoms with van der Waals surface area (Å²) in [6, 6.07) is 0. The van der Waals surface area contributed by atoms with E-state index in [1.807, 2.05) is 0 Å². The number of aromatic amines is 1. The summed E-state index contributed by atoms with van der Waals surface area (Å²) in [5.74, 6) is -0.442. The highest BCUT2D eigenvalue weighted by atomic mass is 19.4. The number of amides is 1. The summed E-state index contributed by atoms with van der Waals surface area (Å²) in [4.78, 5) is 13.2. The van der Waals surface area contributed by atoms with Crippen LogP contribution in [-0.2, 0) is 0 Å². The molecule has 1 aliphatic heterocycles. The van der Waals surface area contributed by atoms with E-state index in [-0.39, 0.29) is 30.9 Å². The lowest BCUT2D eigenvalue weighted by atomic mass is 10.1. The topological polar surface area (TPSA) is 75.0 Å². The van der Waals surface area contributed by atoms with Gasteiger partial charge in [0.1, 0.15) is 5.69 Å². The van der Waals surface area contributed by atoms with Crippen LogP contribution in [-0.4, -0.2) is 40.3 Å². The van der Waals surface area contributed by atoms with Crippen molar-refractivity contribution >= 4 is 11.6 Å². The molecule has 8 heteroatoms. The number of carbonyl (C=O) groups excluding carboxylic acids is 1. The van der Waals surface area contributed by atoms with E-state index in [0.717, 1.165) is 6.08 Å². The zero-order valence-corrected chi connectivity index (χ0v) is 9.29. The Kier molecular flexibility index (Phi) is 3.02. The van der Waals surface area contributed by atoms with Crippen molar-refractivity contribution in [1.82, 2.24) is 15.1 Å². The lowest BCUT2D eigenvalue weighted by Crippen LogP contribution is -2.37. The Morgan fingerprint density at radius 3 is 2.67 bits per heavy atom. The van der Waals surface area contributed by atoms with Gasteiger partial charge in [0.15, 0.2) is 0 Å². The fourth-order valence-electron chi connectivity index (χ4n) is 1.74. The van der Waals surface area contributed by atoms with E-state index < -0.39 is 17.7 Å². The summed E-state index contributed by atoms with van der Waals surface area (Å²) in [7, 11) is 0. The standard InChI is InChI=1S/C10H11F3N4O/c11-10(12,13)6-1-3-17(4-2-6)9(18)8-7(14)5-15-16-8/h1,5H,2-4,14H2,(H,15,16). The van der Waals surface area contributed by atoms with Crippen LogP contribution in [0, 0.1) is 0 Å². The van der Waals surface area contributed by atoms with Crippen LogP contribution in [0.1, 0.15) is 16.9 Å². The third kappa shape index (κ3) is 2.31. The number of anilines is 1. The van der Waals surface area contributed by atoms with Gasteiger partial charge < -0.3 is 10.6 Å². The van der Waals surface area contributed by atoms with Crippen LogP contribution in [0.3, 0.4) is 0 Å². The van der Waals surface area contributed by atoms with Crippen molar-refractivity contribution in [2.24, 2.45) is 0 Å². The average molecular weight is 260 g/mol. The maximum Gasteiger partial charge on any atom is 0.412 e. The Hall–Kier alpha value is -1.99. The maximum absolute atomic E-state index is 12.4. The third-order valence-corrected chi connectivity index (χ3v) is 2.74. The molecule has 0 bridgehead atoms. The van der Waals surface area contributed by atoms with E-state index in [1.165, 1.54) is 11.1 Å². The molecule has 18 heavy (non-hydrogen) atoms. The molecule has 0 saturated heterocycles. The highest BCUT2D eigenvalue weighted by Gasteiger charge is 2.35. The minimum absolute atomic E-state index is 0.0165. The molecule has 0 radical (unpaired) electrons. The lowest BCUT2D eigenvalue weighted by molar-refractivity contribution is -0.0957. The molecule has 5 nitrogen and oxygen atoms in total. The summed E-state index contributed by atoms with van der Waals surface area (Å²) in [6.45, 7) is -0.0607. The molecule has 2 heterocycles. The molecule has 1 aliphatic rings. The molecule has 0 spiro atoms. The van der Waals surface area contributed by atoms with Crippen molar-refractivity contribution in [1.29, 1.82) is 0 Å². The van der Waals surface area contributed by atoms with Crippen LogP contribution in [0.2, 0.25) is 0 Å². The summed E-state index contributed by atoms with van der Waals surface area (Å²) in [5, 5.41) is 6.03. The number of nitrogen functional groups attached to an aromatic ring is 1. The Balaban J connectivity index is 2.09. The summed E-state index contributed by atoms with van der Waals surface area (Å²) < 4.78 is 37.2. The van der Waals surface area contributed by atoms with Gasteiger partial charge >= 0.3 is 6.18 Å². The van der Waals surface area contributed by atoms with Crippen LogP contribution < -0.4 is 5.73 Å². The molecule has 3 N–H and O–H groups in total. The number of nitrogens with zero attached hydrogens (tertiary/aromatic N) is 2. The van der Waals surface area contributed by atoms with Gasteiger partial charge in [-0.05, 0) is 6.42 Å². The summed E-state index contributed by atoms with van der Waals surface area (Å²) in [6.07, 6.45) is -2.21. The van der Waals surface area contributed by atoms with E-state index >= 15 is 0 Å². The number of rotatable bonds is 1. The first-order valence-electron chi connectivity index (χ1n) is 5.24. The molecule has 1 aromatic heterocycles. The van der Waals surface area contributed by atoms with Gasteiger partial charge in [0.25, 0.3) is 5.91 Å². The quantitative estimate of drug-likeness (QED) is 0.748. The van der Waals surface area contributed by atoms with E-state index in [2.05, 4.69) is 10.2 Å². The summed E-state index contributed by atoms with van der Waals surface area (Å²) in [5.41, 5.74) is 5.21. The van der Waals surface area contributed by atoms with Gasteiger partial charge in [0.05, 0.1) is 11.9 Å². The van der Waals surface area contributed by atoms with Crippen LogP contribution in [0.15, 0.2) is 17.8 Å². The van der Waals surface area contributed by atoms with Crippen molar-refractivity contribution in [2.45, 2.75) is 12.6 Å². The van der Waals surface area contributed by atoms with Crippen molar-refractivity contribution in [3.05, 3.63) is 23.5 Å². The fourth-order valence-corrected chi connectivity index (χ4v) is 1.74. The average Bonchev–Trinajstić information content (AvgIpc) is 2.73. The summed E-state index contributed by atoms with van der Waals surface area (Å²) >= 11 is 0. The number of hydrogen-bond acceptors (Lipinski definition) is 3. The van der Waals surface area contributed by atoms with Gasteiger partial charge in [-0.2, -0.15) is 18.3 Å². The van der Waals surface area contributed by atoms with Crippen LogP contribution in [0.5, 0.6) is 0 Å². The molecular weight excluding hydrogens is 249 g/mol. The number of H-pyrrole nitrogens is 1. The number of hydrogen-bond donors (Lipinski definition) is 2. The van der Waals surface area contributed by atoms with Crippen LogP contribution in [0.4, 0.5) is 18.9 Å². The fraction of sp³-hybridized carbons (Fsp3) is 0.400. The van der Waals surface area contributed by atoms with Crippen molar-refractivity contribution in [3.63, 3.8) is 0 Å². The normalized spacial score (nSPS) is 16.6. The molecule has 0 saturated carbocycles. The predicted molar refractivity (Wildman–Crippen MR) is 57.7 cm³/mol. The van der Waals surface area contributed by atoms with Crippen molar-refractivity contribution < 1.29 is 18.0 Å². The maximum atomic E-state index is 12.4. The first-order valence-corrected chi connectivity index (χ1v) is 5.24. The second-order valence-electron chi connectivity index (χ2n) is 3.93. The number of alkyl halides is 3. The highest BCUT2D eigenvalue weighted by Crippen LogP contribution is 2.30. The largest absolute Gasteiger partial charge is 0.412 e. The lowest BCUT2D eigenvalue weighted by Gasteiger charge is -2.26. The van der Waals surface area contributed by atoms with Gasteiger partial charge in [0, 0.05) is 18.7 Å². The van der Waals surface area contributed by atoms with Gasteiger partial charge in [-0.15, -0.1) is 0 Å². The highest BCUT2D eigenvalue weighted by molar-refractivity contribution is 5.97. The number of halogens is 3. The molecule has 98 valence electrons. The van der Waals surface area contributed by atoms with Gasteiger partial charge in [-0.25, -0.2) is 0 Å². The van der Waals surface area contributed by atoms with Crippen LogP contribution in [0.25, 0.3) is 0 Å². The van der Waals surface area contributed by atoms with E-state index in [9.17, 15) is 18.0 Å². The van der Waals surface area contributed by atoms with Gasteiger partial charge in [-0.3, -0.25) is 9.89 Å². The molecule has 1 aromatic rings. The molecule has 0 atom stereocenters. The molecular formula is C10H11F3N4O. The zero-order valence-electron chi connectivity index (χ0n) is 9.29. The molecule has 2 rings (SSSR count). The van der Waals surface area contributed by atoms with Crippen LogP contribution >= 0.6 is 0 Å². The Bertz CT molecular complexity index is 492.